The molecule has 0 spiro atoms. The van der Waals surface area contributed by atoms with Gasteiger partial charge in [-0.2, -0.15) is 0 Å². The smallest absolute Gasteiger partial charge is 0.329 e. The summed E-state index contributed by atoms with van der Waals surface area (Å²) in [6, 6.07) is 6.13. The third-order valence-electron chi connectivity index (χ3n) is 3.76. The van der Waals surface area contributed by atoms with Crippen LogP contribution in [-0.2, 0) is 4.79 Å². The lowest BCUT2D eigenvalue weighted by Crippen LogP contribution is -2.51. The molecule has 1 atom stereocenters. The maximum absolute atomic E-state index is 12.2. The fraction of sp³-hybridized carbons (Fsp3) is 0.500. The Morgan fingerprint density at radius 2 is 1.42 bits per heavy atom. The third-order valence-corrected chi connectivity index (χ3v) is 3.76. The molecule has 0 heterocycles. The van der Waals surface area contributed by atoms with Crippen LogP contribution in [0.3, 0.4) is 0 Å². The Balaban J connectivity index is 2.78. The number of carbonyl (C=O) groups excluding carboxylic acids is 2. The lowest BCUT2D eigenvalue weighted by atomic mass is 9.97. The van der Waals surface area contributed by atoms with E-state index in [2.05, 4.69) is 10.6 Å². The van der Waals surface area contributed by atoms with Gasteiger partial charge in [0.15, 0.2) is 0 Å². The maximum atomic E-state index is 12.2. The number of carbonyl (C=O) groups is 3. The Labute approximate surface area is 142 Å². The Morgan fingerprint density at radius 1 is 0.958 bits per heavy atom. The van der Waals surface area contributed by atoms with E-state index >= 15 is 0 Å². The van der Waals surface area contributed by atoms with E-state index in [-0.39, 0.29) is 17.7 Å². The molecule has 24 heavy (non-hydrogen) atoms. The van der Waals surface area contributed by atoms with Gasteiger partial charge >= 0.3 is 5.97 Å². The van der Waals surface area contributed by atoms with Gasteiger partial charge in [0.25, 0.3) is 11.8 Å². The van der Waals surface area contributed by atoms with E-state index in [0.29, 0.717) is 17.7 Å². The molecule has 0 aliphatic heterocycles. The van der Waals surface area contributed by atoms with E-state index in [4.69, 9.17) is 0 Å². The minimum atomic E-state index is -1.32. The van der Waals surface area contributed by atoms with E-state index < -0.39 is 17.4 Å². The van der Waals surface area contributed by atoms with Crippen molar-refractivity contribution in [3.8, 4) is 0 Å². The van der Waals surface area contributed by atoms with Crippen LogP contribution in [0, 0.1) is 5.41 Å². The molecule has 0 saturated carbocycles. The molecule has 1 aromatic rings. The topological polar surface area (TPSA) is 95.5 Å². The summed E-state index contributed by atoms with van der Waals surface area (Å²) in [5.74, 6) is -1.78. The number of amides is 2. The van der Waals surface area contributed by atoms with Gasteiger partial charge in [0.1, 0.15) is 5.54 Å². The monoisotopic (exact) mass is 334 g/mol. The molecule has 6 nitrogen and oxygen atoms in total. The molecular weight excluding hydrogens is 308 g/mol. The molecule has 0 aliphatic carbocycles. The number of carboxylic acid groups (broad SMARTS) is 1. The van der Waals surface area contributed by atoms with Crippen molar-refractivity contribution in [1.29, 1.82) is 0 Å². The highest BCUT2D eigenvalue weighted by molar-refractivity contribution is 5.99. The van der Waals surface area contributed by atoms with Crippen molar-refractivity contribution in [1.82, 2.24) is 10.6 Å². The summed E-state index contributed by atoms with van der Waals surface area (Å²) in [6.45, 7) is 9.76. The van der Waals surface area contributed by atoms with Crippen LogP contribution >= 0.6 is 0 Å². The molecule has 0 bridgehead atoms. The number of nitrogens with one attached hydrogen (secondary N) is 2. The number of hydrogen-bond acceptors (Lipinski definition) is 3. The van der Waals surface area contributed by atoms with E-state index in [1.165, 1.54) is 19.1 Å². The second-order valence-corrected chi connectivity index (χ2v) is 7.27. The molecule has 0 aliphatic rings. The molecule has 0 saturated heterocycles. The van der Waals surface area contributed by atoms with Crippen LogP contribution < -0.4 is 10.6 Å². The Morgan fingerprint density at radius 3 is 1.79 bits per heavy atom. The van der Waals surface area contributed by atoms with Gasteiger partial charge in [-0.15, -0.1) is 0 Å². The van der Waals surface area contributed by atoms with Crippen LogP contribution in [0.15, 0.2) is 24.3 Å². The average Bonchev–Trinajstić information content (AvgIpc) is 2.51. The number of rotatable bonds is 6. The molecule has 1 rings (SSSR count). The SMILES string of the molecule is CCC(C)(NC(=O)c1ccc(C(=O)NCC(C)(C)C)cc1)C(=O)O. The summed E-state index contributed by atoms with van der Waals surface area (Å²) in [4.78, 5) is 35.5. The zero-order valence-electron chi connectivity index (χ0n) is 14.9. The fourth-order valence-electron chi connectivity index (χ4n) is 1.84. The standard InChI is InChI=1S/C18H26N2O4/c1-6-18(5,16(23)24)20-15(22)13-9-7-12(8-10-13)14(21)19-11-17(2,3)4/h7-10H,6,11H2,1-5H3,(H,19,21)(H,20,22)(H,23,24). The number of hydrogen-bond donors (Lipinski definition) is 3. The summed E-state index contributed by atoms with van der Waals surface area (Å²) < 4.78 is 0. The van der Waals surface area contributed by atoms with Gasteiger partial charge in [0, 0.05) is 17.7 Å². The second-order valence-electron chi connectivity index (χ2n) is 7.27. The first-order valence-electron chi connectivity index (χ1n) is 7.93. The van der Waals surface area contributed by atoms with Crippen molar-refractivity contribution in [2.24, 2.45) is 5.41 Å². The first-order chi connectivity index (χ1) is 11.0. The minimum absolute atomic E-state index is 0.0169. The Kier molecular flexibility index (Phi) is 6.12. The van der Waals surface area contributed by atoms with Crippen molar-refractivity contribution >= 4 is 17.8 Å². The highest BCUT2D eigenvalue weighted by atomic mass is 16.4. The third kappa shape index (κ3) is 5.37. The fourth-order valence-corrected chi connectivity index (χ4v) is 1.84. The first-order valence-corrected chi connectivity index (χ1v) is 7.93. The maximum Gasteiger partial charge on any atom is 0.329 e. The number of aliphatic carboxylic acids is 1. The van der Waals surface area contributed by atoms with Gasteiger partial charge in [-0.25, -0.2) is 4.79 Å². The van der Waals surface area contributed by atoms with E-state index in [1.54, 1.807) is 19.1 Å². The summed E-state index contributed by atoms with van der Waals surface area (Å²) in [5, 5.41) is 14.5. The van der Waals surface area contributed by atoms with Crippen LogP contribution in [0.4, 0.5) is 0 Å². The van der Waals surface area contributed by atoms with Gasteiger partial charge in [-0.05, 0) is 43.0 Å². The van der Waals surface area contributed by atoms with Crippen molar-refractivity contribution in [2.45, 2.75) is 46.6 Å². The van der Waals surface area contributed by atoms with Crippen LogP contribution in [0.2, 0.25) is 0 Å². The molecule has 6 heteroatoms. The van der Waals surface area contributed by atoms with Crippen molar-refractivity contribution < 1.29 is 19.5 Å². The van der Waals surface area contributed by atoms with Crippen molar-refractivity contribution in [2.75, 3.05) is 6.54 Å². The van der Waals surface area contributed by atoms with E-state index in [0.717, 1.165) is 0 Å². The van der Waals surface area contributed by atoms with Gasteiger partial charge < -0.3 is 15.7 Å². The van der Waals surface area contributed by atoms with Gasteiger partial charge in [-0.3, -0.25) is 9.59 Å². The predicted octanol–water partition coefficient (Wildman–Crippen LogP) is 2.45. The zero-order valence-corrected chi connectivity index (χ0v) is 14.9. The number of carboxylic acids is 1. The summed E-state index contributed by atoms with van der Waals surface area (Å²) >= 11 is 0. The normalized spacial score (nSPS) is 13.7. The van der Waals surface area contributed by atoms with Gasteiger partial charge in [0.2, 0.25) is 0 Å². The first kappa shape index (κ1) is 19.7. The molecule has 132 valence electrons. The van der Waals surface area contributed by atoms with Gasteiger partial charge in [0.05, 0.1) is 0 Å². The molecule has 0 fully saturated rings. The van der Waals surface area contributed by atoms with E-state index in [9.17, 15) is 19.5 Å². The summed E-state index contributed by atoms with van der Waals surface area (Å²) in [5.41, 5.74) is -0.577. The molecule has 1 aromatic carbocycles. The lowest BCUT2D eigenvalue weighted by molar-refractivity contribution is -0.143. The summed E-state index contributed by atoms with van der Waals surface area (Å²) in [6.07, 6.45) is 0.265. The minimum Gasteiger partial charge on any atom is -0.480 e. The molecule has 2 amide bonds. The largest absolute Gasteiger partial charge is 0.480 e. The van der Waals surface area contributed by atoms with Crippen LogP contribution in [0.1, 0.15) is 61.8 Å². The predicted molar refractivity (Wildman–Crippen MR) is 92.0 cm³/mol. The highest BCUT2D eigenvalue weighted by Gasteiger charge is 2.33. The van der Waals surface area contributed by atoms with Crippen LogP contribution in [-0.4, -0.2) is 35.0 Å². The molecule has 0 aromatic heterocycles. The van der Waals surface area contributed by atoms with Crippen LogP contribution in [0.25, 0.3) is 0 Å². The van der Waals surface area contributed by atoms with Crippen molar-refractivity contribution in [3.63, 3.8) is 0 Å². The quantitative estimate of drug-likeness (QED) is 0.744. The molecule has 0 radical (unpaired) electrons. The van der Waals surface area contributed by atoms with Gasteiger partial charge in [-0.1, -0.05) is 27.7 Å². The van der Waals surface area contributed by atoms with E-state index in [1.807, 2.05) is 20.8 Å². The summed E-state index contributed by atoms with van der Waals surface area (Å²) in [7, 11) is 0. The average molecular weight is 334 g/mol. The number of benzene rings is 1. The Hall–Kier alpha value is -2.37. The lowest BCUT2D eigenvalue weighted by Gasteiger charge is -2.24. The van der Waals surface area contributed by atoms with Crippen molar-refractivity contribution in [3.05, 3.63) is 35.4 Å². The highest BCUT2D eigenvalue weighted by Crippen LogP contribution is 2.13. The molecule has 1 unspecified atom stereocenters. The second kappa shape index (κ2) is 7.47. The Bertz CT molecular complexity index is 617. The zero-order chi connectivity index (χ0) is 18.5. The molecule has 3 N–H and O–H groups in total. The molecular formula is C18H26N2O4. The van der Waals surface area contributed by atoms with Crippen LogP contribution in [0.5, 0.6) is 0 Å².